The van der Waals surface area contributed by atoms with Gasteiger partial charge in [-0.1, -0.05) is 22.0 Å². The van der Waals surface area contributed by atoms with Crippen LogP contribution in [0, 0.1) is 0 Å². The predicted octanol–water partition coefficient (Wildman–Crippen LogP) is 3.48. The van der Waals surface area contributed by atoms with Crippen molar-refractivity contribution in [2.75, 3.05) is 18.2 Å². The number of carboxylic acid groups (broad SMARTS) is 1. The van der Waals surface area contributed by atoms with Crippen LogP contribution in [-0.4, -0.2) is 18.2 Å². The maximum Gasteiger partial charge on any atom is 0.337 e. The topological polar surface area (TPSA) is 84.6 Å². The minimum absolute atomic E-state index is 0.115. The van der Waals surface area contributed by atoms with Crippen LogP contribution in [0.3, 0.4) is 0 Å². The zero-order valence-corrected chi connectivity index (χ0v) is 12.3. The number of hydrogen-bond donors (Lipinski definition) is 3. The molecule has 0 heterocycles. The van der Waals surface area contributed by atoms with Crippen molar-refractivity contribution in [3.05, 3.63) is 46.4 Å². The standard InChI is InChI=1S/C14H13BrN2O3/c1-20-10-6-8(15)5-9(7-10)17-13-11(14(18)19)3-2-4-12(13)16/h2-7,17H,16H2,1H3,(H,18,19). The molecule has 2 aromatic rings. The molecular weight excluding hydrogens is 324 g/mol. The third-order valence-corrected chi connectivity index (χ3v) is 3.16. The van der Waals surface area contributed by atoms with Gasteiger partial charge in [-0.25, -0.2) is 4.79 Å². The van der Waals surface area contributed by atoms with E-state index in [1.54, 1.807) is 37.4 Å². The summed E-state index contributed by atoms with van der Waals surface area (Å²) in [6.45, 7) is 0. The van der Waals surface area contributed by atoms with E-state index in [1.165, 1.54) is 6.07 Å². The second kappa shape index (κ2) is 5.83. The lowest BCUT2D eigenvalue weighted by Gasteiger charge is -2.13. The number of nitrogens with one attached hydrogen (secondary N) is 1. The Hall–Kier alpha value is -2.21. The Morgan fingerprint density at radius 2 is 2.10 bits per heavy atom. The molecule has 0 aliphatic carbocycles. The highest BCUT2D eigenvalue weighted by atomic mass is 79.9. The van der Waals surface area contributed by atoms with Gasteiger partial charge in [-0.2, -0.15) is 0 Å². The highest BCUT2D eigenvalue weighted by Crippen LogP contribution is 2.31. The zero-order valence-electron chi connectivity index (χ0n) is 10.7. The number of ether oxygens (including phenoxy) is 1. The van der Waals surface area contributed by atoms with Gasteiger partial charge in [0.2, 0.25) is 0 Å². The minimum atomic E-state index is -1.04. The molecular formula is C14H13BrN2O3. The van der Waals surface area contributed by atoms with Crippen molar-refractivity contribution in [2.24, 2.45) is 0 Å². The number of halogens is 1. The Kier molecular flexibility index (Phi) is 4.14. The SMILES string of the molecule is COc1cc(Br)cc(Nc2c(N)cccc2C(=O)O)c1. The summed E-state index contributed by atoms with van der Waals surface area (Å²) in [6, 6.07) is 10.1. The Balaban J connectivity index is 2.44. The van der Waals surface area contributed by atoms with Gasteiger partial charge in [0.15, 0.2) is 0 Å². The lowest BCUT2D eigenvalue weighted by molar-refractivity contribution is 0.0698. The Bertz CT molecular complexity index is 659. The lowest BCUT2D eigenvalue weighted by atomic mass is 10.1. The third-order valence-electron chi connectivity index (χ3n) is 2.70. The number of carboxylic acids is 1. The van der Waals surface area contributed by atoms with Crippen molar-refractivity contribution in [3.63, 3.8) is 0 Å². The van der Waals surface area contributed by atoms with Crippen molar-refractivity contribution < 1.29 is 14.6 Å². The maximum atomic E-state index is 11.2. The summed E-state index contributed by atoms with van der Waals surface area (Å²) in [7, 11) is 1.56. The van der Waals surface area contributed by atoms with Crippen molar-refractivity contribution in [3.8, 4) is 5.75 Å². The number of methoxy groups -OCH3 is 1. The molecule has 4 N–H and O–H groups in total. The normalized spacial score (nSPS) is 10.1. The van der Waals surface area contributed by atoms with E-state index in [-0.39, 0.29) is 5.56 Å². The molecule has 0 fully saturated rings. The fourth-order valence-corrected chi connectivity index (χ4v) is 2.26. The van der Waals surface area contributed by atoms with Gasteiger partial charge in [0.1, 0.15) is 5.75 Å². The van der Waals surface area contributed by atoms with E-state index in [4.69, 9.17) is 10.5 Å². The number of aromatic carboxylic acids is 1. The van der Waals surface area contributed by atoms with E-state index in [1.807, 2.05) is 0 Å². The van der Waals surface area contributed by atoms with E-state index in [0.29, 0.717) is 22.8 Å². The fraction of sp³-hybridized carbons (Fsp3) is 0.0714. The molecule has 6 heteroatoms. The molecule has 0 saturated heterocycles. The van der Waals surface area contributed by atoms with E-state index < -0.39 is 5.97 Å². The summed E-state index contributed by atoms with van der Waals surface area (Å²) in [4.78, 5) is 11.2. The van der Waals surface area contributed by atoms with Crippen LogP contribution < -0.4 is 15.8 Å². The van der Waals surface area contributed by atoms with Crippen LogP contribution in [0.15, 0.2) is 40.9 Å². The summed E-state index contributed by atoms with van der Waals surface area (Å²) in [5, 5.41) is 12.2. The molecule has 0 unspecified atom stereocenters. The molecule has 0 atom stereocenters. The first-order valence-electron chi connectivity index (χ1n) is 5.74. The molecule has 0 amide bonds. The molecule has 0 spiro atoms. The Morgan fingerprint density at radius 1 is 1.35 bits per heavy atom. The molecule has 0 bridgehead atoms. The van der Waals surface area contributed by atoms with Gasteiger partial charge in [-0.05, 0) is 24.3 Å². The molecule has 0 saturated carbocycles. The zero-order chi connectivity index (χ0) is 14.7. The van der Waals surface area contributed by atoms with Gasteiger partial charge in [0.25, 0.3) is 0 Å². The highest BCUT2D eigenvalue weighted by molar-refractivity contribution is 9.10. The average Bonchev–Trinajstić information content (AvgIpc) is 2.40. The van der Waals surface area contributed by atoms with Gasteiger partial charge in [0, 0.05) is 16.2 Å². The molecule has 5 nitrogen and oxygen atoms in total. The van der Waals surface area contributed by atoms with Crippen LogP contribution in [0.25, 0.3) is 0 Å². The van der Waals surface area contributed by atoms with Crippen LogP contribution in [0.2, 0.25) is 0 Å². The van der Waals surface area contributed by atoms with Crippen molar-refractivity contribution in [1.82, 2.24) is 0 Å². The molecule has 20 heavy (non-hydrogen) atoms. The highest BCUT2D eigenvalue weighted by Gasteiger charge is 2.13. The summed E-state index contributed by atoms with van der Waals surface area (Å²) < 4.78 is 5.97. The van der Waals surface area contributed by atoms with Crippen LogP contribution in [0.5, 0.6) is 5.75 Å². The van der Waals surface area contributed by atoms with E-state index in [2.05, 4.69) is 21.2 Å². The molecule has 104 valence electrons. The van der Waals surface area contributed by atoms with E-state index in [0.717, 1.165) is 4.47 Å². The smallest absolute Gasteiger partial charge is 0.337 e. The largest absolute Gasteiger partial charge is 0.497 e. The third kappa shape index (κ3) is 3.03. The summed E-state index contributed by atoms with van der Waals surface area (Å²) >= 11 is 3.37. The number of carbonyl (C=O) groups is 1. The molecule has 0 aliphatic rings. The molecule has 0 radical (unpaired) electrons. The minimum Gasteiger partial charge on any atom is -0.497 e. The summed E-state index contributed by atoms with van der Waals surface area (Å²) in [5.41, 5.74) is 7.36. The first-order valence-corrected chi connectivity index (χ1v) is 6.54. The van der Waals surface area contributed by atoms with Crippen molar-refractivity contribution in [1.29, 1.82) is 0 Å². The predicted molar refractivity (Wildman–Crippen MR) is 81.8 cm³/mol. The first kappa shape index (κ1) is 14.2. The molecule has 2 aromatic carbocycles. The van der Waals surface area contributed by atoms with E-state index in [9.17, 15) is 9.90 Å². The average molecular weight is 337 g/mol. The number of para-hydroxylation sites is 1. The van der Waals surface area contributed by atoms with Crippen molar-refractivity contribution in [2.45, 2.75) is 0 Å². The van der Waals surface area contributed by atoms with Gasteiger partial charge < -0.3 is 20.9 Å². The van der Waals surface area contributed by atoms with Gasteiger partial charge >= 0.3 is 5.97 Å². The van der Waals surface area contributed by atoms with Crippen molar-refractivity contribution >= 4 is 39.0 Å². The second-order valence-electron chi connectivity index (χ2n) is 4.08. The van der Waals surface area contributed by atoms with Gasteiger partial charge in [-0.3, -0.25) is 0 Å². The van der Waals surface area contributed by atoms with Crippen LogP contribution in [0.1, 0.15) is 10.4 Å². The summed E-state index contributed by atoms with van der Waals surface area (Å²) in [6.07, 6.45) is 0. The lowest BCUT2D eigenvalue weighted by Crippen LogP contribution is -2.05. The maximum absolute atomic E-state index is 11.2. The molecule has 2 rings (SSSR count). The second-order valence-corrected chi connectivity index (χ2v) is 5.00. The number of benzene rings is 2. The first-order chi connectivity index (χ1) is 9.51. The Labute approximate surface area is 124 Å². The number of nitrogen functional groups attached to an aromatic ring is 1. The van der Waals surface area contributed by atoms with Gasteiger partial charge in [-0.15, -0.1) is 0 Å². The van der Waals surface area contributed by atoms with Crippen LogP contribution in [0.4, 0.5) is 17.1 Å². The number of anilines is 3. The van der Waals surface area contributed by atoms with Crippen LogP contribution in [-0.2, 0) is 0 Å². The molecule has 0 aliphatic heterocycles. The monoisotopic (exact) mass is 336 g/mol. The fourth-order valence-electron chi connectivity index (χ4n) is 1.78. The van der Waals surface area contributed by atoms with Crippen LogP contribution >= 0.6 is 15.9 Å². The molecule has 0 aromatic heterocycles. The number of rotatable bonds is 4. The Morgan fingerprint density at radius 3 is 2.75 bits per heavy atom. The number of nitrogens with two attached hydrogens (primary N) is 1. The quantitative estimate of drug-likeness (QED) is 0.744. The summed E-state index contributed by atoms with van der Waals surface area (Å²) in [5.74, 6) is -0.394. The van der Waals surface area contributed by atoms with E-state index >= 15 is 0 Å². The van der Waals surface area contributed by atoms with Gasteiger partial charge in [0.05, 0.1) is 24.0 Å². The number of hydrogen-bond acceptors (Lipinski definition) is 4.